The Morgan fingerprint density at radius 3 is 2.56 bits per heavy atom. The molecule has 0 spiro atoms. The number of carbonyl (C=O) groups excluding carboxylic acids is 1. The van der Waals surface area contributed by atoms with E-state index in [2.05, 4.69) is 5.32 Å². The van der Waals surface area contributed by atoms with Crippen molar-refractivity contribution in [2.45, 2.75) is 51.6 Å². The van der Waals surface area contributed by atoms with E-state index in [0.717, 1.165) is 11.3 Å². The summed E-state index contributed by atoms with van der Waals surface area (Å²) in [6, 6.07) is 7.61. The van der Waals surface area contributed by atoms with Crippen LogP contribution in [-0.2, 0) is 4.79 Å². The van der Waals surface area contributed by atoms with E-state index in [4.69, 9.17) is 9.84 Å². The quantitative estimate of drug-likeness (QED) is 0.825. The fourth-order valence-electron chi connectivity index (χ4n) is 3.42. The van der Waals surface area contributed by atoms with Crippen molar-refractivity contribution in [3.63, 3.8) is 0 Å². The van der Waals surface area contributed by atoms with Gasteiger partial charge in [0.2, 0.25) is 0 Å². The lowest BCUT2D eigenvalue weighted by Gasteiger charge is -2.33. The first-order valence-corrected chi connectivity index (χ1v) is 8.90. The lowest BCUT2D eigenvalue weighted by molar-refractivity contribution is -0.142. The summed E-state index contributed by atoms with van der Waals surface area (Å²) in [5.41, 5.74) is 1.02. The van der Waals surface area contributed by atoms with Gasteiger partial charge in [0, 0.05) is 12.6 Å². The van der Waals surface area contributed by atoms with E-state index in [-0.39, 0.29) is 24.0 Å². The monoisotopic (exact) mass is 348 g/mol. The van der Waals surface area contributed by atoms with Gasteiger partial charge in [-0.1, -0.05) is 12.1 Å². The van der Waals surface area contributed by atoms with Gasteiger partial charge >= 0.3 is 12.0 Å². The molecule has 2 rings (SSSR count). The largest absolute Gasteiger partial charge is 0.497 e. The molecule has 1 atom stereocenters. The Labute approximate surface area is 149 Å². The van der Waals surface area contributed by atoms with Crippen LogP contribution < -0.4 is 10.1 Å². The molecule has 25 heavy (non-hydrogen) atoms. The maximum Gasteiger partial charge on any atom is 0.318 e. The zero-order chi connectivity index (χ0) is 18.4. The van der Waals surface area contributed by atoms with Crippen molar-refractivity contribution in [3.05, 3.63) is 29.8 Å². The standard InChI is InChI=1S/C19H28N2O4/c1-4-21(13(2)15-6-5-7-17(12-15)25-3)19(24)20-16-10-8-14(9-11-16)18(22)23/h5-7,12-14,16H,4,8-11H2,1-3H3,(H,20,24)(H,22,23). The molecular formula is C19H28N2O4. The van der Waals surface area contributed by atoms with E-state index in [0.29, 0.717) is 32.2 Å². The van der Waals surface area contributed by atoms with Crippen LogP contribution in [0, 0.1) is 5.92 Å². The summed E-state index contributed by atoms with van der Waals surface area (Å²) in [5.74, 6) is -0.231. The zero-order valence-corrected chi connectivity index (χ0v) is 15.2. The first-order chi connectivity index (χ1) is 12.0. The summed E-state index contributed by atoms with van der Waals surface area (Å²) in [6.07, 6.45) is 2.68. The molecule has 0 radical (unpaired) electrons. The van der Waals surface area contributed by atoms with Crippen molar-refractivity contribution in [2.75, 3.05) is 13.7 Å². The second-order valence-corrected chi connectivity index (χ2v) is 6.57. The van der Waals surface area contributed by atoms with Crippen molar-refractivity contribution in [1.82, 2.24) is 10.2 Å². The average molecular weight is 348 g/mol. The molecule has 1 aliphatic rings. The molecular weight excluding hydrogens is 320 g/mol. The maximum atomic E-state index is 12.7. The number of hydrogen-bond acceptors (Lipinski definition) is 3. The minimum absolute atomic E-state index is 0.0506. The van der Waals surface area contributed by atoms with E-state index in [9.17, 15) is 9.59 Å². The second-order valence-electron chi connectivity index (χ2n) is 6.57. The number of aliphatic carboxylic acids is 1. The van der Waals surface area contributed by atoms with Crippen molar-refractivity contribution < 1.29 is 19.4 Å². The van der Waals surface area contributed by atoms with E-state index in [1.54, 1.807) is 12.0 Å². The molecule has 0 aliphatic heterocycles. The van der Waals surface area contributed by atoms with Gasteiger partial charge in [-0.3, -0.25) is 4.79 Å². The number of amides is 2. The Hall–Kier alpha value is -2.24. The topological polar surface area (TPSA) is 78.9 Å². The van der Waals surface area contributed by atoms with Gasteiger partial charge in [-0.05, 0) is 57.2 Å². The molecule has 138 valence electrons. The van der Waals surface area contributed by atoms with Crippen LogP contribution in [0.1, 0.15) is 51.1 Å². The zero-order valence-electron chi connectivity index (χ0n) is 15.2. The minimum Gasteiger partial charge on any atom is -0.497 e. The van der Waals surface area contributed by atoms with Crippen LogP contribution in [0.3, 0.4) is 0 Å². The van der Waals surface area contributed by atoms with Gasteiger partial charge in [0.15, 0.2) is 0 Å². The fraction of sp³-hybridized carbons (Fsp3) is 0.579. The van der Waals surface area contributed by atoms with Gasteiger partial charge in [-0.15, -0.1) is 0 Å². The molecule has 6 nitrogen and oxygen atoms in total. The van der Waals surface area contributed by atoms with Gasteiger partial charge in [-0.25, -0.2) is 4.79 Å². The van der Waals surface area contributed by atoms with Crippen molar-refractivity contribution in [3.8, 4) is 5.75 Å². The Balaban J connectivity index is 1.97. The normalized spacial score (nSPS) is 21.2. The molecule has 2 amide bonds. The van der Waals surface area contributed by atoms with Gasteiger partial charge in [0.25, 0.3) is 0 Å². The van der Waals surface area contributed by atoms with E-state index in [1.165, 1.54) is 0 Å². The van der Waals surface area contributed by atoms with E-state index < -0.39 is 5.97 Å². The van der Waals surface area contributed by atoms with Crippen LogP contribution in [-0.4, -0.2) is 41.7 Å². The molecule has 1 aliphatic carbocycles. The predicted molar refractivity (Wildman–Crippen MR) is 95.7 cm³/mol. The van der Waals surface area contributed by atoms with Gasteiger partial charge < -0.3 is 20.1 Å². The predicted octanol–water partition coefficient (Wildman–Crippen LogP) is 3.43. The maximum absolute atomic E-state index is 12.7. The summed E-state index contributed by atoms with van der Waals surface area (Å²) >= 11 is 0. The first kappa shape index (κ1) is 19.1. The van der Waals surface area contributed by atoms with Crippen molar-refractivity contribution >= 4 is 12.0 Å². The van der Waals surface area contributed by atoms with Crippen LogP contribution in [0.5, 0.6) is 5.75 Å². The molecule has 0 aromatic heterocycles. The van der Waals surface area contributed by atoms with E-state index in [1.807, 2.05) is 38.1 Å². The molecule has 1 aromatic rings. The van der Waals surface area contributed by atoms with Crippen molar-refractivity contribution in [1.29, 1.82) is 0 Å². The van der Waals surface area contributed by atoms with Crippen LogP contribution in [0.2, 0.25) is 0 Å². The number of nitrogens with one attached hydrogen (secondary N) is 1. The minimum atomic E-state index is -0.730. The molecule has 0 saturated heterocycles. The molecule has 2 N–H and O–H groups in total. The summed E-state index contributed by atoms with van der Waals surface area (Å²) in [5, 5.41) is 12.1. The third-order valence-electron chi connectivity index (χ3n) is 5.05. The Morgan fingerprint density at radius 1 is 1.32 bits per heavy atom. The molecule has 0 bridgehead atoms. The number of hydrogen-bond donors (Lipinski definition) is 2. The highest BCUT2D eigenvalue weighted by Gasteiger charge is 2.28. The van der Waals surface area contributed by atoms with Crippen molar-refractivity contribution in [2.24, 2.45) is 5.92 Å². The lowest BCUT2D eigenvalue weighted by atomic mass is 9.86. The number of nitrogens with zero attached hydrogens (tertiary/aromatic N) is 1. The average Bonchev–Trinajstić information content (AvgIpc) is 2.62. The summed E-state index contributed by atoms with van der Waals surface area (Å²) < 4.78 is 5.26. The number of carbonyl (C=O) groups is 2. The summed E-state index contributed by atoms with van der Waals surface area (Å²) in [4.78, 5) is 25.5. The number of benzene rings is 1. The summed E-state index contributed by atoms with van der Waals surface area (Å²) in [7, 11) is 1.63. The first-order valence-electron chi connectivity index (χ1n) is 8.90. The lowest BCUT2D eigenvalue weighted by Crippen LogP contribution is -2.47. The molecule has 1 unspecified atom stereocenters. The van der Waals surface area contributed by atoms with Crippen LogP contribution in [0.15, 0.2) is 24.3 Å². The van der Waals surface area contributed by atoms with Crippen LogP contribution >= 0.6 is 0 Å². The van der Waals surface area contributed by atoms with Gasteiger partial charge in [-0.2, -0.15) is 0 Å². The highest BCUT2D eigenvalue weighted by Crippen LogP contribution is 2.26. The number of carboxylic acid groups (broad SMARTS) is 1. The highest BCUT2D eigenvalue weighted by molar-refractivity contribution is 5.75. The van der Waals surface area contributed by atoms with E-state index >= 15 is 0 Å². The smallest absolute Gasteiger partial charge is 0.318 e. The molecule has 1 fully saturated rings. The molecule has 1 saturated carbocycles. The number of rotatable bonds is 6. The third kappa shape index (κ3) is 4.87. The SMILES string of the molecule is CCN(C(=O)NC1CCC(C(=O)O)CC1)C(C)c1cccc(OC)c1. The highest BCUT2D eigenvalue weighted by atomic mass is 16.5. The number of ether oxygens (including phenoxy) is 1. The fourth-order valence-corrected chi connectivity index (χ4v) is 3.42. The Kier molecular flexibility index (Phi) is 6.67. The van der Waals surface area contributed by atoms with Gasteiger partial charge in [0.05, 0.1) is 19.1 Å². The number of carboxylic acids is 1. The van der Waals surface area contributed by atoms with Crippen LogP contribution in [0.25, 0.3) is 0 Å². The Bertz CT molecular complexity index is 597. The third-order valence-corrected chi connectivity index (χ3v) is 5.05. The number of methoxy groups -OCH3 is 1. The second kappa shape index (κ2) is 8.74. The Morgan fingerprint density at radius 2 is 2.00 bits per heavy atom. The van der Waals surface area contributed by atoms with Crippen LogP contribution in [0.4, 0.5) is 4.79 Å². The van der Waals surface area contributed by atoms with Gasteiger partial charge in [0.1, 0.15) is 5.75 Å². The number of urea groups is 1. The molecule has 1 aromatic carbocycles. The summed E-state index contributed by atoms with van der Waals surface area (Å²) in [6.45, 7) is 4.55. The molecule has 0 heterocycles. The molecule has 6 heteroatoms.